The monoisotopic (exact) mass is 267 g/mol. The summed E-state index contributed by atoms with van der Waals surface area (Å²) in [6.07, 6.45) is 3.17. The minimum Gasteiger partial charge on any atom is -0.302 e. The molecule has 2 aromatic rings. The van der Waals surface area contributed by atoms with Crippen molar-refractivity contribution in [1.82, 2.24) is 9.13 Å². The normalized spacial score (nSPS) is 10.6. The second kappa shape index (κ2) is 4.66. The summed E-state index contributed by atoms with van der Waals surface area (Å²) in [5.41, 5.74) is 0.125. The number of rotatable bonds is 3. The number of hydrogen-bond donors (Lipinski definition) is 0. The molecule has 0 atom stereocenters. The van der Waals surface area contributed by atoms with Gasteiger partial charge < -0.3 is 4.57 Å². The third-order valence-corrected chi connectivity index (χ3v) is 2.83. The zero-order valence-corrected chi connectivity index (χ0v) is 10.3. The zero-order chi connectivity index (χ0) is 13.3. The van der Waals surface area contributed by atoms with E-state index in [0.717, 1.165) is 0 Å². The SMILES string of the molecule is Cn1ccn(Cc2cc(Cl)ccc2[N+](=O)[O-])c1=O. The van der Waals surface area contributed by atoms with Gasteiger partial charge in [0.25, 0.3) is 5.69 Å². The molecule has 0 aliphatic rings. The van der Waals surface area contributed by atoms with Gasteiger partial charge in [0, 0.05) is 30.5 Å². The van der Waals surface area contributed by atoms with Crippen LogP contribution in [-0.2, 0) is 13.6 Å². The number of nitro groups is 1. The predicted octanol–water partition coefficient (Wildman–Crippen LogP) is 1.80. The molecule has 1 aromatic heterocycles. The number of aryl methyl sites for hydroxylation is 1. The van der Waals surface area contributed by atoms with E-state index in [2.05, 4.69) is 0 Å². The number of halogens is 1. The van der Waals surface area contributed by atoms with Crippen molar-refractivity contribution in [1.29, 1.82) is 0 Å². The lowest BCUT2D eigenvalue weighted by Gasteiger charge is -2.04. The molecule has 7 heteroatoms. The van der Waals surface area contributed by atoms with Crippen molar-refractivity contribution in [2.75, 3.05) is 0 Å². The van der Waals surface area contributed by atoms with Crippen LogP contribution in [0.1, 0.15) is 5.56 Å². The molecule has 0 unspecified atom stereocenters. The average Bonchev–Trinajstić information content (AvgIpc) is 2.61. The Morgan fingerprint density at radius 2 is 2.11 bits per heavy atom. The van der Waals surface area contributed by atoms with Gasteiger partial charge in [-0.1, -0.05) is 11.6 Å². The third kappa shape index (κ3) is 2.28. The summed E-state index contributed by atoms with van der Waals surface area (Å²) in [7, 11) is 1.62. The number of benzene rings is 1. The van der Waals surface area contributed by atoms with Crippen molar-refractivity contribution >= 4 is 17.3 Å². The Hall–Kier alpha value is -2.08. The van der Waals surface area contributed by atoms with Crippen LogP contribution < -0.4 is 5.69 Å². The summed E-state index contributed by atoms with van der Waals surface area (Å²) in [5.74, 6) is 0. The molecule has 6 nitrogen and oxygen atoms in total. The van der Waals surface area contributed by atoms with Gasteiger partial charge in [0.05, 0.1) is 17.0 Å². The number of hydrogen-bond acceptors (Lipinski definition) is 3. The zero-order valence-electron chi connectivity index (χ0n) is 9.54. The maximum atomic E-state index is 11.7. The second-order valence-corrected chi connectivity index (χ2v) is 4.29. The van der Waals surface area contributed by atoms with Crippen LogP contribution in [0.3, 0.4) is 0 Å². The highest BCUT2D eigenvalue weighted by Crippen LogP contribution is 2.23. The molecule has 0 saturated heterocycles. The fraction of sp³-hybridized carbons (Fsp3) is 0.182. The number of aromatic nitrogens is 2. The summed E-state index contributed by atoms with van der Waals surface area (Å²) in [6.45, 7) is 0.122. The molecule has 0 aliphatic carbocycles. The molecule has 0 spiro atoms. The minimum absolute atomic E-state index is 0.0462. The van der Waals surface area contributed by atoms with Crippen LogP contribution in [-0.4, -0.2) is 14.1 Å². The Morgan fingerprint density at radius 3 is 2.67 bits per heavy atom. The van der Waals surface area contributed by atoms with Crippen molar-refractivity contribution < 1.29 is 4.92 Å². The molecule has 1 aromatic carbocycles. The van der Waals surface area contributed by atoms with Gasteiger partial charge in [-0.15, -0.1) is 0 Å². The first kappa shape index (κ1) is 12.4. The van der Waals surface area contributed by atoms with E-state index in [-0.39, 0.29) is 17.9 Å². The molecule has 0 aliphatic heterocycles. The van der Waals surface area contributed by atoms with E-state index >= 15 is 0 Å². The smallest absolute Gasteiger partial charge is 0.302 e. The van der Waals surface area contributed by atoms with E-state index in [9.17, 15) is 14.9 Å². The fourth-order valence-electron chi connectivity index (χ4n) is 1.67. The Labute approximate surface area is 107 Å². The molecule has 18 heavy (non-hydrogen) atoms. The van der Waals surface area contributed by atoms with E-state index in [0.29, 0.717) is 10.6 Å². The van der Waals surface area contributed by atoms with Gasteiger partial charge in [-0.2, -0.15) is 0 Å². The first-order valence-corrected chi connectivity index (χ1v) is 5.51. The summed E-state index contributed by atoms with van der Waals surface area (Å²) in [4.78, 5) is 22.1. The predicted molar refractivity (Wildman–Crippen MR) is 66.9 cm³/mol. The summed E-state index contributed by atoms with van der Waals surface area (Å²) >= 11 is 5.82. The molecule has 0 N–H and O–H groups in total. The molecular formula is C11H10ClN3O3. The van der Waals surface area contributed by atoms with Gasteiger partial charge in [0.1, 0.15) is 0 Å². The molecule has 0 fully saturated rings. The van der Waals surface area contributed by atoms with Crippen molar-refractivity contribution in [2.24, 2.45) is 7.05 Å². The molecule has 0 radical (unpaired) electrons. The van der Waals surface area contributed by atoms with Crippen LogP contribution in [0.2, 0.25) is 5.02 Å². The Kier molecular flexibility index (Phi) is 3.20. The van der Waals surface area contributed by atoms with Crippen molar-refractivity contribution in [2.45, 2.75) is 6.54 Å². The molecule has 2 rings (SSSR count). The van der Waals surface area contributed by atoms with Crippen LogP contribution in [0.15, 0.2) is 35.4 Å². The number of nitrogens with zero attached hydrogens (tertiary/aromatic N) is 3. The van der Waals surface area contributed by atoms with E-state index in [1.807, 2.05) is 0 Å². The van der Waals surface area contributed by atoms with Crippen LogP contribution in [0.4, 0.5) is 5.69 Å². The van der Waals surface area contributed by atoms with Crippen molar-refractivity contribution in [3.8, 4) is 0 Å². The van der Waals surface area contributed by atoms with E-state index in [1.54, 1.807) is 19.4 Å². The maximum Gasteiger partial charge on any atom is 0.328 e. The standard InChI is InChI=1S/C11H10ClN3O3/c1-13-4-5-14(11(13)16)7-8-6-9(12)2-3-10(8)15(17)18/h2-6H,7H2,1H3. The molecule has 0 saturated carbocycles. The van der Waals surface area contributed by atoms with E-state index in [1.165, 1.54) is 27.3 Å². The first-order chi connectivity index (χ1) is 8.49. The van der Waals surface area contributed by atoms with Crippen LogP contribution in [0.5, 0.6) is 0 Å². The topological polar surface area (TPSA) is 70.1 Å². The van der Waals surface area contributed by atoms with E-state index < -0.39 is 4.92 Å². The van der Waals surface area contributed by atoms with Gasteiger partial charge in [-0.25, -0.2) is 4.79 Å². The van der Waals surface area contributed by atoms with Gasteiger partial charge >= 0.3 is 5.69 Å². The average molecular weight is 268 g/mol. The lowest BCUT2D eigenvalue weighted by molar-refractivity contribution is -0.385. The quantitative estimate of drug-likeness (QED) is 0.629. The largest absolute Gasteiger partial charge is 0.328 e. The Bertz CT molecular complexity index is 660. The molecular weight excluding hydrogens is 258 g/mol. The summed E-state index contributed by atoms with van der Waals surface area (Å²) < 4.78 is 2.79. The van der Waals surface area contributed by atoms with E-state index in [4.69, 9.17) is 11.6 Å². The van der Waals surface area contributed by atoms with Gasteiger partial charge in [-0.3, -0.25) is 14.7 Å². The van der Waals surface area contributed by atoms with Gasteiger partial charge in [0.15, 0.2) is 0 Å². The lowest BCUT2D eigenvalue weighted by Crippen LogP contribution is -2.22. The van der Waals surface area contributed by atoms with Crippen LogP contribution in [0, 0.1) is 10.1 Å². The number of imidazole rings is 1. The maximum absolute atomic E-state index is 11.7. The summed E-state index contributed by atoms with van der Waals surface area (Å²) in [6, 6.07) is 4.29. The first-order valence-electron chi connectivity index (χ1n) is 5.13. The lowest BCUT2D eigenvalue weighted by atomic mass is 10.2. The Morgan fingerprint density at radius 1 is 1.39 bits per heavy atom. The second-order valence-electron chi connectivity index (χ2n) is 3.85. The van der Waals surface area contributed by atoms with Crippen molar-refractivity contribution in [3.05, 3.63) is 61.8 Å². The third-order valence-electron chi connectivity index (χ3n) is 2.60. The molecule has 0 bridgehead atoms. The highest BCUT2D eigenvalue weighted by Gasteiger charge is 2.15. The molecule has 94 valence electrons. The highest BCUT2D eigenvalue weighted by atomic mass is 35.5. The van der Waals surface area contributed by atoms with Crippen molar-refractivity contribution in [3.63, 3.8) is 0 Å². The molecule has 0 amide bonds. The Balaban J connectivity index is 2.45. The summed E-state index contributed by atoms with van der Waals surface area (Å²) in [5, 5.41) is 11.3. The molecule has 1 heterocycles. The van der Waals surface area contributed by atoms with Crippen LogP contribution >= 0.6 is 11.6 Å². The number of nitro benzene ring substituents is 1. The van der Waals surface area contributed by atoms with Gasteiger partial charge in [-0.05, 0) is 12.1 Å². The van der Waals surface area contributed by atoms with Gasteiger partial charge in [0.2, 0.25) is 0 Å². The fourth-order valence-corrected chi connectivity index (χ4v) is 1.87. The highest BCUT2D eigenvalue weighted by molar-refractivity contribution is 6.30. The minimum atomic E-state index is -0.486. The van der Waals surface area contributed by atoms with Crippen LogP contribution in [0.25, 0.3) is 0 Å².